The molecule has 1 aliphatic carbocycles. The van der Waals surface area contributed by atoms with Crippen LogP contribution in [-0.4, -0.2) is 12.1 Å². The molecule has 1 saturated carbocycles. The smallest absolute Gasteiger partial charge is 0.306 e. The molecule has 74 valence electrons. The molecule has 0 aromatic heterocycles. The molecule has 0 radical (unpaired) electrons. The van der Waals surface area contributed by atoms with Gasteiger partial charge in [0.25, 0.3) is 0 Å². The molecular formula is C11H18O2. The van der Waals surface area contributed by atoms with Crippen LogP contribution >= 0.6 is 0 Å². The number of carbonyl (C=O) groups excluding carboxylic acids is 1. The minimum absolute atomic E-state index is 0.00481. The summed E-state index contributed by atoms with van der Waals surface area (Å²) in [5.41, 5.74) is 0.512. The van der Waals surface area contributed by atoms with Crippen molar-refractivity contribution in [3.05, 3.63) is 0 Å². The van der Waals surface area contributed by atoms with E-state index in [0.717, 1.165) is 12.8 Å². The molecule has 0 aromatic carbocycles. The van der Waals surface area contributed by atoms with E-state index in [1.54, 1.807) is 0 Å². The highest BCUT2D eigenvalue weighted by molar-refractivity contribution is 5.73. The van der Waals surface area contributed by atoms with Crippen molar-refractivity contribution in [1.82, 2.24) is 0 Å². The number of hydrogen-bond acceptors (Lipinski definition) is 2. The zero-order chi connectivity index (χ0) is 9.69. The molecule has 1 saturated heterocycles. The van der Waals surface area contributed by atoms with E-state index in [1.165, 1.54) is 6.42 Å². The second kappa shape index (κ2) is 2.49. The van der Waals surface area contributed by atoms with E-state index in [-0.39, 0.29) is 17.5 Å². The van der Waals surface area contributed by atoms with Gasteiger partial charge in [-0.1, -0.05) is 20.8 Å². The molecule has 2 heteroatoms. The molecular weight excluding hydrogens is 164 g/mol. The van der Waals surface area contributed by atoms with Crippen molar-refractivity contribution < 1.29 is 9.53 Å². The fourth-order valence-corrected chi connectivity index (χ4v) is 3.07. The molecule has 0 spiro atoms. The molecule has 0 amide bonds. The maximum atomic E-state index is 11.2. The lowest BCUT2D eigenvalue weighted by molar-refractivity contribution is -0.143. The molecule has 0 N–H and O–H groups in total. The van der Waals surface area contributed by atoms with Crippen LogP contribution in [0.3, 0.4) is 0 Å². The minimum atomic E-state index is 0.00481. The first-order chi connectivity index (χ1) is 5.91. The third-order valence-corrected chi connectivity index (χ3v) is 3.56. The monoisotopic (exact) mass is 182 g/mol. The van der Waals surface area contributed by atoms with E-state index < -0.39 is 0 Å². The van der Waals surface area contributed by atoms with E-state index in [0.29, 0.717) is 11.8 Å². The maximum absolute atomic E-state index is 11.2. The van der Waals surface area contributed by atoms with Gasteiger partial charge < -0.3 is 4.74 Å². The summed E-state index contributed by atoms with van der Waals surface area (Å²) in [5, 5.41) is 0. The number of rotatable bonds is 0. The number of hydrogen-bond donors (Lipinski definition) is 0. The van der Waals surface area contributed by atoms with Crippen LogP contribution in [0.5, 0.6) is 0 Å². The second-order valence-corrected chi connectivity index (χ2v) is 5.69. The Morgan fingerprint density at radius 1 is 1.38 bits per heavy atom. The summed E-state index contributed by atoms with van der Waals surface area (Å²) in [7, 11) is 0. The van der Waals surface area contributed by atoms with Gasteiger partial charge in [0.05, 0.1) is 6.42 Å². The predicted molar refractivity (Wildman–Crippen MR) is 50.2 cm³/mol. The predicted octanol–water partition coefficient (Wildman–Crippen LogP) is 2.52. The molecule has 2 atom stereocenters. The summed E-state index contributed by atoms with van der Waals surface area (Å²) in [6, 6.07) is 0. The number of ether oxygens (including phenoxy) is 1. The Hall–Kier alpha value is -0.530. The molecule has 0 aromatic rings. The maximum Gasteiger partial charge on any atom is 0.306 e. The van der Waals surface area contributed by atoms with Gasteiger partial charge in [-0.15, -0.1) is 0 Å². The first-order valence-corrected chi connectivity index (χ1v) is 5.11. The van der Waals surface area contributed by atoms with Crippen LogP contribution < -0.4 is 0 Å². The molecule has 2 nitrogen and oxygen atoms in total. The summed E-state index contributed by atoms with van der Waals surface area (Å²) in [4.78, 5) is 11.2. The topological polar surface area (TPSA) is 26.3 Å². The molecule has 13 heavy (non-hydrogen) atoms. The third-order valence-electron chi connectivity index (χ3n) is 3.56. The van der Waals surface area contributed by atoms with Crippen molar-refractivity contribution in [3.8, 4) is 0 Å². The summed E-state index contributed by atoms with van der Waals surface area (Å²) in [5.74, 6) is 0.00481. The van der Waals surface area contributed by atoms with Crippen molar-refractivity contribution in [2.45, 2.75) is 52.6 Å². The van der Waals surface area contributed by atoms with Crippen molar-refractivity contribution in [3.63, 3.8) is 0 Å². The molecule has 2 aliphatic rings. The van der Waals surface area contributed by atoms with E-state index >= 15 is 0 Å². The fourth-order valence-electron chi connectivity index (χ4n) is 3.07. The zero-order valence-corrected chi connectivity index (χ0v) is 8.72. The average Bonchev–Trinajstić information content (AvgIpc) is 2.20. The molecule has 1 aliphatic heterocycles. The van der Waals surface area contributed by atoms with Crippen LogP contribution in [0, 0.1) is 10.8 Å². The highest BCUT2D eigenvalue weighted by Crippen LogP contribution is 2.52. The SMILES string of the molecule is CC1(C)CC[C@@H]2OC(=O)C[C@]2(C)C1. The van der Waals surface area contributed by atoms with Gasteiger partial charge in [0.2, 0.25) is 0 Å². The number of fused-ring (bicyclic) bond motifs is 1. The highest BCUT2D eigenvalue weighted by atomic mass is 16.6. The van der Waals surface area contributed by atoms with Crippen LogP contribution in [0.1, 0.15) is 46.5 Å². The third kappa shape index (κ3) is 1.47. The van der Waals surface area contributed by atoms with Crippen LogP contribution in [0.2, 0.25) is 0 Å². The molecule has 2 rings (SSSR count). The van der Waals surface area contributed by atoms with Crippen molar-refractivity contribution >= 4 is 5.97 Å². The van der Waals surface area contributed by atoms with Gasteiger partial charge in [0.1, 0.15) is 6.10 Å². The van der Waals surface area contributed by atoms with Gasteiger partial charge in [-0.25, -0.2) is 0 Å². The van der Waals surface area contributed by atoms with E-state index in [9.17, 15) is 4.79 Å². The van der Waals surface area contributed by atoms with Gasteiger partial charge in [0.15, 0.2) is 0 Å². The summed E-state index contributed by atoms with van der Waals surface area (Å²) >= 11 is 0. The van der Waals surface area contributed by atoms with E-state index in [4.69, 9.17) is 4.74 Å². The number of carbonyl (C=O) groups is 1. The summed E-state index contributed by atoms with van der Waals surface area (Å²) < 4.78 is 5.32. The Kier molecular flexibility index (Phi) is 1.73. The van der Waals surface area contributed by atoms with Crippen LogP contribution in [0.15, 0.2) is 0 Å². The Balaban J connectivity index is 2.20. The van der Waals surface area contributed by atoms with Crippen molar-refractivity contribution in [2.75, 3.05) is 0 Å². The van der Waals surface area contributed by atoms with Crippen LogP contribution in [-0.2, 0) is 9.53 Å². The molecule has 0 unspecified atom stereocenters. The minimum Gasteiger partial charge on any atom is -0.462 e. The van der Waals surface area contributed by atoms with Gasteiger partial charge in [-0.2, -0.15) is 0 Å². The Morgan fingerprint density at radius 3 is 2.77 bits per heavy atom. The molecule has 0 bridgehead atoms. The molecule has 1 heterocycles. The quantitative estimate of drug-likeness (QED) is 0.538. The van der Waals surface area contributed by atoms with E-state index in [1.807, 2.05) is 0 Å². The normalized spacial score (nSPS) is 42.7. The van der Waals surface area contributed by atoms with Gasteiger partial charge in [-0.05, 0) is 24.7 Å². The Labute approximate surface area is 79.7 Å². The Morgan fingerprint density at radius 2 is 2.08 bits per heavy atom. The van der Waals surface area contributed by atoms with Crippen LogP contribution in [0.4, 0.5) is 0 Å². The fraction of sp³-hybridized carbons (Fsp3) is 0.909. The zero-order valence-electron chi connectivity index (χ0n) is 8.72. The lowest BCUT2D eigenvalue weighted by Crippen LogP contribution is -2.38. The summed E-state index contributed by atoms with van der Waals surface area (Å²) in [6.07, 6.45) is 4.18. The van der Waals surface area contributed by atoms with Crippen LogP contribution in [0.25, 0.3) is 0 Å². The van der Waals surface area contributed by atoms with Gasteiger partial charge >= 0.3 is 5.97 Å². The lowest BCUT2D eigenvalue weighted by Gasteiger charge is -2.42. The second-order valence-electron chi connectivity index (χ2n) is 5.69. The lowest BCUT2D eigenvalue weighted by atomic mass is 9.63. The largest absolute Gasteiger partial charge is 0.462 e. The van der Waals surface area contributed by atoms with E-state index in [2.05, 4.69) is 20.8 Å². The highest BCUT2D eigenvalue weighted by Gasteiger charge is 2.50. The molecule has 2 fully saturated rings. The number of esters is 1. The van der Waals surface area contributed by atoms with Crippen molar-refractivity contribution in [2.24, 2.45) is 10.8 Å². The summed E-state index contributed by atoms with van der Waals surface area (Å²) in [6.45, 7) is 6.78. The average molecular weight is 182 g/mol. The first-order valence-electron chi connectivity index (χ1n) is 5.11. The van der Waals surface area contributed by atoms with Gasteiger partial charge in [-0.3, -0.25) is 4.79 Å². The standard InChI is InChI=1S/C11H18O2/c1-10(2)5-4-8-11(3,7-10)6-9(12)13-8/h8H,4-7H2,1-3H3/t8-,11+/m0/s1. The first kappa shape index (κ1) is 9.04. The van der Waals surface area contributed by atoms with Crippen molar-refractivity contribution in [1.29, 1.82) is 0 Å². The Bertz CT molecular complexity index is 244. The van der Waals surface area contributed by atoms with Gasteiger partial charge in [0, 0.05) is 5.41 Å².